The molecule has 4 nitrogen and oxygen atoms in total. The van der Waals surface area contributed by atoms with Crippen molar-refractivity contribution in [2.45, 2.75) is 46.1 Å². The van der Waals surface area contributed by atoms with Gasteiger partial charge < -0.3 is 4.84 Å². The van der Waals surface area contributed by atoms with E-state index in [-0.39, 0.29) is 6.10 Å². The lowest BCUT2D eigenvalue weighted by Gasteiger charge is -2.12. The van der Waals surface area contributed by atoms with E-state index in [9.17, 15) is 10.1 Å². The van der Waals surface area contributed by atoms with E-state index in [1.54, 1.807) is 0 Å². The first-order chi connectivity index (χ1) is 6.49. The Morgan fingerprint density at radius 2 is 2.14 bits per heavy atom. The smallest absolute Gasteiger partial charge is 0.294 e. The van der Waals surface area contributed by atoms with Gasteiger partial charge in [-0.1, -0.05) is 20.8 Å². The number of hydrogen-bond acceptors (Lipinski definition) is 3. The summed E-state index contributed by atoms with van der Waals surface area (Å²) in [4.78, 5) is 14.9. The van der Waals surface area contributed by atoms with Crippen molar-refractivity contribution in [1.82, 2.24) is 0 Å². The molecule has 3 unspecified atom stereocenters. The van der Waals surface area contributed by atoms with Crippen LogP contribution in [-0.4, -0.2) is 11.2 Å². The third-order valence-corrected chi connectivity index (χ3v) is 2.93. The molecule has 1 fully saturated rings. The highest BCUT2D eigenvalue weighted by Gasteiger charge is 2.33. The van der Waals surface area contributed by atoms with Crippen molar-refractivity contribution in [3.63, 3.8) is 0 Å². The summed E-state index contributed by atoms with van der Waals surface area (Å²) in [5.74, 6) is 1.60. The lowest BCUT2D eigenvalue weighted by molar-refractivity contribution is -0.769. The molecule has 0 heterocycles. The molecule has 0 aromatic heterocycles. The van der Waals surface area contributed by atoms with E-state index in [2.05, 4.69) is 18.7 Å². The van der Waals surface area contributed by atoms with Crippen molar-refractivity contribution in [2.24, 2.45) is 17.8 Å². The van der Waals surface area contributed by atoms with E-state index >= 15 is 0 Å². The van der Waals surface area contributed by atoms with E-state index < -0.39 is 5.09 Å². The third-order valence-electron chi connectivity index (χ3n) is 2.93. The maximum atomic E-state index is 10.2. The minimum absolute atomic E-state index is 0.172. The van der Waals surface area contributed by atoms with Crippen LogP contribution >= 0.6 is 0 Å². The Bertz CT molecular complexity index is 206. The highest BCUT2D eigenvalue weighted by molar-refractivity contribution is 4.81. The van der Waals surface area contributed by atoms with E-state index in [4.69, 9.17) is 0 Å². The van der Waals surface area contributed by atoms with Gasteiger partial charge in [0, 0.05) is 0 Å². The Morgan fingerprint density at radius 3 is 2.64 bits per heavy atom. The van der Waals surface area contributed by atoms with Crippen LogP contribution in [0.15, 0.2) is 0 Å². The number of nitrogens with zero attached hydrogens (tertiary/aromatic N) is 1. The second-order valence-corrected chi connectivity index (χ2v) is 4.81. The Morgan fingerprint density at radius 1 is 1.50 bits per heavy atom. The molecule has 0 spiro atoms. The molecule has 1 rings (SSSR count). The average Bonchev–Trinajstić information content (AvgIpc) is 2.28. The van der Waals surface area contributed by atoms with Gasteiger partial charge in [0.2, 0.25) is 0 Å². The minimum atomic E-state index is -0.654. The third kappa shape index (κ3) is 3.16. The molecular formula is C10H19NO3. The molecule has 3 atom stereocenters. The van der Waals surface area contributed by atoms with Crippen molar-refractivity contribution in [3.8, 4) is 0 Å². The maximum Gasteiger partial charge on any atom is 0.294 e. The molecule has 0 aliphatic heterocycles. The topological polar surface area (TPSA) is 52.4 Å². The number of rotatable bonds is 4. The van der Waals surface area contributed by atoms with Crippen LogP contribution in [0.4, 0.5) is 0 Å². The molecule has 1 saturated carbocycles. The fraction of sp³-hybridized carbons (Fsp3) is 1.00. The number of hydrogen-bond donors (Lipinski definition) is 0. The monoisotopic (exact) mass is 201 g/mol. The summed E-state index contributed by atoms with van der Waals surface area (Å²) in [5.41, 5.74) is 0. The van der Waals surface area contributed by atoms with Crippen LogP contribution in [0.25, 0.3) is 0 Å². The molecule has 0 aromatic rings. The normalized spacial score (nSPS) is 32.1. The quantitative estimate of drug-likeness (QED) is 0.519. The lowest BCUT2D eigenvalue weighted by atomic mass is 9.95. The summed E-state index contributed by atoms with van der Waals surface area (Å²) in [6.07, 6.45) is 2.90. The molecule has 0 radical (unpaired) electrons. The molecule has 0 bridgehead atoms. The van der Waals surface area contributed by atoms with Crippen molar-refractivity contribution >= 4 is 0 Å². The molecule has 0 N–H and O–H groups in total. The first-order valence-electron chi connectivity index (χ1n) is 5.30. The van der Waals surface area contributed by atoms with Gasteiger partial charge in [-0.25, -0.2) is 0 Å². The van der Waals surface area contributed by atoms with Crippen LogP contribution in [0, 0.1) is 27.9 Å². The maximum absolute atomic E-state index is 10.2. The predicted molar refractivity (Wildman–Crippen MR) is 53.2 cm³/mol. The van der Waals surface area contributed by atoms with Gasteiger partial charge in [-0.15, -0.1) is 10.1 Å². The first kappa shape index (κ1) is 11.3. The Labute approximate surface area is 84.7 Å². The van der Waals surface area contributed by atoms with Gasteiger partial charge in [0.25, 0.3) is 5.09 Å². The van der Waals surface area contributed by atoms with Crippen LogP contribution in [0.3, 0.4) is 0 Å². The molecule has 0 amide bonds. The van der Waals surface area contributed by atoms with Gasteiger partial charge in [0.05, 0.1) is 0 Å². The Balaban J connectivity index is 2.39. The Hall–Kier alpha value is -0.800. The van der Waals surface area contributed by atoms with Crippen molar-refractivity contribution in [1.29, 1.82) is 0 Å². The van der Waals surface area contributed by atoms with Crippen molar-refractivity contribution < 1.29 is 9.92 Å². The van der Waals surface area contributed by atoms with Crippen molar-refractivity contribution in [2.75, 3.05) is 0 Å². The molecule has 0 saturated heterocycles. The molecule has 1 aliphatic carbocycles. The SMILES string of the molecule is CC(C)CC1CC(C)C(O[N+](=O)[O-])C1. The average molecular weight is 201 g/mol. The summed E-state index contributed by atoms with van der Waals surface area (Å²) in [5, 5.41) is 9.56. The van der Waals surface area contributed by atoms with Gasteiger partial charge in [-0.05, 0) is 37.0 Å². The molecule has 0 aromatic carbocycles. The van der Waals surface area contributed by atoms with Crippen LogP contribution in [0.1, 0.15) is 40.0 Å². The van der Waals surface area contributed by atoms with Crippen LogP contribution in [0.5, 0.6) is 0 Å². The van der Waals surface area contributed by atoms with Gasteiger partial charge in [0.15, 0.2) is 0 Å². The van der Waals surface area contributed by atoms with E-state index in [0.717, 1.165) is 19.3 Å². The zero-order chi connectivity index (χ0) is 10.7. The zero-order valence-electron chi connectivity index (χ0n) is 9.10. The lowest BCUT2D eigenvalue weighted by Crippen LogP contribution is -2.19. The van der Waals surface area contributed by atoms with E-state index in [1.165, 1.54) is 0 Å². The Kier molecular flexibility index (Phi) is 3.72. The standard InChI is InChI=1S/C10H19NO3/c1-7(2)4-9-5-8(3)10(6-9)14-11(12)13/h7-10H,4-6H2,1-3H3. The molecule has 82 valence electrons. The van der Waals surface area contributed by atoms with Crippen LogP contribution in [0.2, 0.25) is 0 Å². The zero-order valence-corrected chi connectivity index (χ0v) is 9.10. The van der Waals surface area contributed by atoms with Crippen LogP contribution in [-0.2, 0) is 4.84 Å². The summed E-state index contributed by atoms with van der Waals surface area (Å²) < 4.78 is 0. The molecule has 4 heteroatoms. The second-order valence-electron chi connectivity index (χ2n) is 4.81. The highest BCUT2D eigenvalue weighted by Crippen LogP contribution is 2.36. The fourth-order valence-corrected chi connectivity index (χ4v) is 2.45. The van der Waals surface area contributed by atoms with Gasteiger partial charge in [0.1, 0.15) is 6.10 Å². The predicted octanol–water partition coefficient (Wildman–Crippen LogP) is 2.66. The largest absolute Gasteiger partial charge is 0.310 e. The highest BCUT2D eigenvalue weighted by atomic mass is 17.0. The molecule has 14 heavy (non-hydrogen) atoms. The van der Waals surface area contributed by atoms with E-state index in [0.29, 0.717) is 17.8 Å². The second kappa shape index (κ2) is 4.62. The van der Waals surface area contributed by atoms with Gasteiger partial charge >= 0.3 is 0 Å². The molecular weight excluding hydrogens is 182 g/mol. The summed E-state index contributed by atoms with van der Waals surface area (Å²) in [7, 11) is 0. The minimum Gasteiger partial charge on any atom is -0.310 e. The summed E-state index contributed by atoms with van der Waals surface area (Å²) >= 11 is 0. The summed E-state index contributed by atoms with van der Waals surface area (Å²) in [6, 6.07) is 0. The molecule has 1 aliphatic rings. The van der Waals surface area contributed by atoms with E-state index in [1.807, 2.05) is 6.92 Å². The fourth-order valence-electron chi connectivity index (χ4n) is 2.45. The van der Waals surface area contributed by atoms with Gasteiger partial charge in [-0.2, -0.15) is 0 Å². The van der Waals surface area contributed by atoms with Gasteiger partial charge in [-0.3, -0.25) is 0 Å². The first-order valence-corrected chi connectivity index (χ1v) is 5.30. The van der Waals surface area contributed by atoms with Crippen molar-refractivity contribution in [3.05, 3.63) is 10.1 Å². The summed E-state index contributed by atoms with van der Waals surface area (Å²) in [6.45, 7) is 6.41. The van der Waals surface area contributed by atoms with Crippen LogP contribution < -0.4 is 0 Å².